The van der Waals surface area contributed by atoms with Crippen LogP contribution in [0.3, 0.4) is 0 Å². The van der Waals surface area contributed by atoms with Gasteiger partial charge in [-0.1, -0.05) is 23.2 Å². The first kappa shape index (κ1) is 18.6. The van der Waals surface area contributed by atoms with Crippen LogP contribution < -0.4 is 5.32 Å². The number of fused-ring (bicyclic) bond motifs is 1. The molecule has 0 spiro atoms. The largest absolute Gasteiger partial charge is 0.396 e. The van der Waals surface area contributed by atoms with Crippen molar-refractivity contribution < 1.29 is 9.84 Å². The van der Waals surface area contributed by atoms with Crippen molar-refractivity contribution in [1.82, 2.24) is 14.8 Å². The maximum Gasteiger partial charge on any atom is 0.150 e. The van der Waals surface area contributed by atoms with Crippen molar-refractivity contribution in [2.24, 2.45) is 0 Å². The molecule has 1 aromatic carbocycles. The summed E-state index contributed by atoms with van der Waals surface area (Å²) in [4.78, 5) is 3.24. The molecule has 3 N–H and O–H groups in total. The lowest BCUT2D eigenvalue weighted by Gasteiger charge is -2.22. The lowest BCUT2D eigenvalue weighted by Crippen LogP contribution is -2.18. The van der Waals surface area contributed by atoms with Crippen LogP contribution in [0.5, 0.6) is 0 Å². The first-order valence-corrected chi connectivity index (χ1v) is 9.94. The Labute approximate surface area is 167 Å². The highest BCUT2D eigenvalue weighted by Gasteiger charge is 2.20. The lowest BCUT2D eigenvalue weighted by atomic mass is 10.1. The standard InChI is InChI=1S/C19H22Cl2N4O2/c20-14-8-15(22-5-3-6-26)17-13(10-23-19(17)18(14)21)12-9-24-25(11-12)16-4-1-2-7-27-16/h8-11,16,22-23,26H,1-7H2. The molecule has 1 atom stereocenters. The topological polar surface area (TPSA) is 75.1 Å². The summed E-state index contributed by atoms with van der Waals surface area (Å²) in [5, 5.41) is 18.9. The first-order valence-electron chi connectivity index (χ1n) is 9.19. The van der Waals surface area contributed by atoms with Gasteiger partial charge in [0.05, 0.1) is 21.8 Å². The van der Waals surface area contributed by atoms with Crippen LogP contribution in [-0.4, -0.2) is 39.6 Å². The minimum atomic E-state index is -0.00196. The molecule has 3 heterocycles. The second kappa shape index (κ2) is 8.10. The van der Waals surface area contributed by atoms with Crippen LogP contribution >= 0.6 is 23.2 Å². The summed E-state index contributed by atoms with van der Waals surface area (Å²) in [6.45, 7) is 1.55. The predicted octanol–water partition coefficient (Wildman–Crippen LogP) is 4.83. The van der Waals surface area contributed by atoms with E-state index in [1.165, 1.54) is 0 Å². The number of aliphatic hydroxyl groups excluding tert-OH is 1. The number of nitrogens with one attached hydrogen (secondary N) is 2. The van der Waals surface area contributed by atoms with Crippen LogP contribution in [0.15, 0.2) is 24.7 Å². The van der Waals surface area contributed by atoms with E-state index in [4.69, 9.17) is 33.0 Å². The number of ether oxygens (including phenoxy) is 1. The summed E-state index contributed by atoms with van der Waals surface area (Å²) in [6, 6.07) is 1.83. The van der Waals surface area contributed by atoms with Gasteiger partial charge in [-0.3, -0.25) is 0 Å². The summed E-state index contributed by atoms with van der Waals surface area (Å²) >= 11 is 12.7. The van der Waals surface area contributed by atoms with E-state index in [-0.39, 0.29) is 12.8 Å². The third-order valence-electron chi connectivity index (χ3n) is 4.86. The Balaban J connectivity index is 1.73. The summed E-state index contributed by atoms with van der Waals surface area (Å²) in [5.41, 5.74) is 3.65. The summed E-state index contributed by atoms with van der Waals surface area (Å²) in [5.74, 6) is 0. The molecule has 1 saturated heterocycles. The van der Waals surface area contributed by atoms with Crippen LogP contribution in [0.2, 0.25) is 10.0 Å². The lowest BCUT2D eigenvalue weighted by molar-refractivity contribution is -0.0394. The van der Waals surface area contributed by atoms with E-state index >= 15 is 0 Å². The molecule has 1 aliphatic rings. The van der Waals surface area contributed by atoms with Crippen molar-refractivity contribution in [3.63, 3.8) is 0 Å². The number of anilines is 1. The maximum absolute atomic E-state index is 9.06. The van der Waals surface area contributed by atoms with Gasteiger partial charge in [0.2, 0.25) is 0 Å². The molecule has 1 unspecified atom stereocenters. The number of aromatic amines is 1. The number of nitrogens with zero attached hydrogens (tertiary/aromatic N) is 2. The Morgan fingerprint density at radius 1 is 1.37 bits per heavy atom. The zero-order chi connectivity index (χ0) is 18.8. The van der Waals surface area contributed by atoms with Crippen molar-refractivity contribution in [2.75, 3.05) is 25.1 Å². The number of halogens is 2. The molecule has 0 bridgehead atoms. The zero-order valence-corrected chi connectivity index (χ0v) is 16.4. The average molecular weight is 409 g/mol. The third-order valence-corrected chi connectivity index (χ3v) is 5.65. The van der Waals surface area contributed by atoms with Crippen LogP contribution in [-0.2, 0) is 4.74 Å². The van der Waals surface area contributed by atoms with E-state index in [0.717, 1.165) is 53.6 Å². The molecule has 0 saturated carbocycles. The highest BCUT2D eigenvalue weighted by atomic mass is 35.5. The number of hydrogen-bond donors (Lipinski definition) is 3. The predicted molar refractivity (Wildman–Crippen MR) is 109 cm³/mol. The maximum atomic E-state index is 9.06. The second-order valence-electron chi connectivity index (χ2n) is 6.71. The molecule has 2 aromatic heterocycles. The molecule has 3 aromatic rings. The van der Waals surface area contributed by atoms with Gasteiger partial charge in [0, 0.05) is 54.4 Å². The van der Waals surface area contributed by atoms with E-state index in [9.17, 15) is 0 Å². The Bertz CT molecular complexity index is 931. The number of aromatic nitrogens is 3. The molecular formula is C19H22Cl2N4O2. The fourth-order valence-corrected chi connectivity index (χ4v) is 3.90. The molecular weight excluding hydrogens is 387 g/mol. The molecule has 27 heavy (non-hydrogen) atoms. The molecule has 0 radical (unpaired) electrons. The number of rotatable bonds is 6. The highest BCUT2D eigenvalue weighted by molar-refractivity contribution is 6.46. The minimum Gasteiger partial charge on any atom is -0.396 e. The van der Waals surface area contributed by atoms with Gasteiger partial charge in [0.1, 0.15) is 6.23 Å². The summed E-state index contributed by atoms with van der Waals surface area (Å²) in [6.07, 6.45) is 9.67. The molecule has 6 nitrogen and oxygen atoms in total. The Morgan fingerprint density at radius 2 is 2.26 bits per heavy atom. The summed E-state index contributed by atoms with van der Waals surface area (Å²) < 4.78 is 7.72. The van der Waals surface area contributed by atoms with Gasteiger partial charge in [-0.15, -0.1) is 0 Å². The van der Waals surface area contributed by atoms with Gasteiger partial charge in [-0.2, -0.15) is 5.10 Å². The van der Waals surface area contributed by atoms with Gasteiger partial charge in [0.25, 0.3) is 0 Å². The summed E-state index contributed by atoms with van der Waals surface area (Å²) in [7, 11) is 0. The highest BCUT2D eigenvalue weighted by Crippen LogP contribution is 2.41. The second-order valence-corrected chi connectivity index (χ2v) is 7.49. The van der Waals surface area contributed by atoms with E-state index in [1.807, 2.05) is 29.3 Å². The Morgan fingerprint density at radius 3 is 3.04 bits per heavy atom. The van der Waals surface area contributed by atoms with Crippen molar-refractivity contribution in [3.8, 4) is 11.1 Å². The molecule has 0 amide bonds. The fourth-order valence-electron chi connectivity index (χ4n) is 3.49. The molecule has 0 aliphatic carbocycles. The number of hydrogen-bond acceptors (Lipinski definition) is 4. The van der Waals surface area contributed by atoms with Crippen molar-refractivity contribution in [1.29, 1.82) is 0 Å². The Kier molecular flexibility index (Phi) is 5.59. The molecule has 1 aliphatic heterocycles. The minimum absolute atomic E-state index is 0.00196. The third kappa shape index (κ3) is 3.67. The van der Waals surface area contributed by atoms with Crippen LogP contribution in [0.1, 0.15) is 31.9 Å². The van der Waals surface area contributed by atoms with Crippen molar-refractivity contribution >= 4 is 39.8 Å². The van der Waals surface area contributed by atoms with Gasteiger partial charge < -0.3 is 20.1 Å². The van der Waals surface area contributed by atoms with Crippen LogP contribution in [0.25, 0.3) is 22.0 Å². The van der Waals surface area contributed by atoms with E-state index < -0.39 is 0 Å². The number of H-pyrrole nitrogens is 1. The quantitative estimate of drug-likeness (QED) is 0.510. The number of aliphatic hydroxyl groups is 1. The number of benzene rings is 1. The smallest absolute Gasteiger partial charge is 0.150 e. The van der Waals surface area contributed by atoms with E-state index in [2.05, 4.69) is 15.4 Å². The van der Waals surface area contributed by atoms with Gasteiger partial charge in [-0.25, -0.2) is 4.68 Å². The first-order chi connectivity index (χ1) is 13.2. The van der Waals surface area contributed by atoms with E-state index in [0.29, 0.717) is 23.0 Å². The molecule has 144 valence electrons. The Hall–Kier alpha value is -1.73. The van der Waals surface area contributed by atoms with Crippen molar-refractivity contribution in [3.05, 3.63) is 34.7 Å². The normalized spacial score (nSPS) is 17.5. The van der Waals surface area contributed by atoms with Crippen LogP contribution in [0, 0.1) is 0 Å². The zero-order valence-electron chi connectivity index (χ0n) is 14.8. The SMILES string of the molecule is OCCCNc1cc(Cl)c(Cl)c2[nH]cc(-c3cnn(C4CCCCO4)c3)c12. The average Bonchev–Trinajstić information content (AvgIpc) is 3.34. The van der Waals surface area contributed by atoms with Crippen molar-refractivity contribution in [2.45, 2.75) is 31.9 Å². The fraction of sp³-hybridized carbons (Fsp3) is 0.421. The van der Waals surface area contributed by atoms with E-state index in [1.54, 1.807) is 0 Å². The van der Waals surface area contributed by atoms with Gasteiger partial charge in [0.15, 0.2) is 0 Å². The molecule has 8 heteroatoms. The molecule has 1 fully saturated rings. The van der Waals surface area contributed by atoms with Gasteiger partial charge in [-0.05, 0) is 31.7 Å². The molecule has 4 rings (SSSR count). The van der Waals surface area contributed by atoms with Crippen LogP contribution in [0.4, 0.5) is 5.69 Å². The van der Waals surface area contributed by atoms with Gasteiger partial charge >= 0.3 is 0 Å². The monoisotopic (exact) mass is 408 g/mol.